The van der Waals surface area contributed by atoms with Gasteiger partial charge in [-0.1, -0.05) is 141 Å². The van der Waals surface area contributed by atoms with E-state index in [1.165, 1.54) is 60.9 Å². The first-order chi connectivity index (χ1) is 39.9. The van der Waals surface area contributed by atoms with Crippen molar-refractivity contribution in [1.29, 1.82) is 0 Å². The number of carbonyl (C=O) groups excluding carboxylic acids is 2. The molecule has 14 heteroatoms. The van der Waals surface area contributed by atoms with E-state index in [0.29, 0.717) is 25.7 Å². The van der Waals surface area contributed by atoms with Crippen LogP contribution in [0.5, 0.6) is 0 Å². The highest BCUT2D eigenvalue weighted by atomic mass is 31.2. The van der Waals surface area contributed by atoms with Gasteiger partial charge < -0.3 is 53.9 Å². The van der Waals surface area contributed by atoms with Crippen LogP contribution in [0.1, 0.15) is 178 Å². The van der Waals surface area contributed by atoms with E-state index in [2.05, 4.69) is 91.0 Å². The first kappa shape index (κ1) is 68.2. The number of nitrogens with zero attached hydrogens (tertiary/aromatic N) is 2. The molecule has 7 rings (SSSR count). The molecule has 1 amide bonds. The number of rotatable bonds is 23. The first-order valence-corrected chi connectivity index (χ1v) is 34.4. The second-order valence-corrected chi connectivity index (χ2v) is 31.0. The van der Waals surface area contributed by atoms with Gasteiger partial charge >= 0.3 is 5.97 Å². The molecule has 3 aliphatic heterocycles. The minimum atomic E-state index is -1.80. The molecule has 0 spiro atoms. The van der Waals surface area contributed by atoms with E-state index in [-0.39, 0.29) is 43.4 Å². The maximum Gasteiger partial charge on any atom is 0.309 e. The fraction of sp³-hybridized carbons (Fsp3) is 0.714. The maximum atomic E-state index is 15.0. The number of fused-ring (bicyclic) bond motifs is 1. The Balaban J connectivity index is 0.995. The van der Waals surface area contributed by atoms with Crippen LogP contribution in [0, 0.1) is 29.1 Å². The fourth-order valence-electron chi connectivity index (χ4n) is 15.6. The van der Waals surface area contributed by atoms with Gasteiger partial charge in [0.15, 0.2) is 6.29 Å². The van der Waals surface area contributed by atoms with Gasteiger partial charge in [0.1, 0.15) is 41.0 Å². The summed E-state index contributed by atoms with van der Waals surface area (Å²) in [6.45, 7) is 19.3. The Bertz CT molecular complexity index is 2390. The topological polar surface area (TPSA) is 168 Å². The van der Waals surface area contributed by atoms with Gasteiger partial charge in [0.25, 0.3) is 0 Å². The predicted molar refractivity (Wildman–Crippen MR) is 338 cm³/mol. The van der Waals surface area contributed by atoms with Gasteiger partial charge in [-0.05, 0) is 142 Å². The quantitative estimate of drug-likeness (QED) is 0.0404. The number of esters is 1. The zero-order valence-electron chi connectivity index (χ0n) is 53.7. The summed E-state index contributed by atoms with van der Waals surface area (Å²) >= 11 is 0. The molecule has 18 atom stereocenters. The number of likely N-dealkylation sites (N-methyl/N-ethyl adjacent to an activating group) is 1. The number of benzene rings is 3. The van der Waals surface area contributed by atoms with Crippen molar-refractivity contribution in [2.24, 2.45) is 29.1 Å². The molecule has 4 fully saturated rings. The van der Waals surface area contributed by atoms with Gasteiger partial charge in [-0.2, -0.15) is 0 Å². The first-order valence-electron chi connectivity index (χ1n) is 32.4. The molecule has 4 N–H and O–H groups in total. The lowest BCUT2D eigenvalue weighted by Crippen LogP contribution is -2.61. The van der Waals surface area contributed by atoms with E-state index in [0.717, 1.165) is 31.8 Å². The molecule has 3 saturated heterocycles. The van der Waals surface area contributed by atoms with Crippen LogP contribution >= 0.6 is 7.26 Å². The van der Waals surface area contributed by atoms with Crippen molar-refractivity contribution in [3.8, 4) is 0 Å². The standard InChI is InChI=1S/C70H110N2O11P/c1-14-70-47-67(70,8)62(75)52(6)72(59(73)41-33-22-20-18-16-15-17-19-21-23-34-42-84(54-35-27-24-28-36-54,55-37-29-25-30-38-55)56-39-31-26-32-40-56)46-48(2)44-68(9,78)64(82-66-61(74)57(71(11)12)43-49(3)80-66)50(4)60(51(5)65(77)83-70)58-45-69(10,79-13)63(76)53(7)81-58/h24-32,35-40,48-53,57-58,60-64,66,74-76,78H,14-23,33-34,41-47H2,1-13H3/q+1/t48-,49-,50+,51-,52-,53+,57+,58?,60+,61-,62-,63+,64-,66+,67+,68-,69-,70-/m1/s1. The van der Waals surface area contributed by atoms with Crippen molar-refractivity contribution in [1.82, 2.24) is 9.80 Å². The van der Waals surface area contributed by atoms with Gasteiger partial charge in [-0.15, -0.1) is 0 Å². The summed E-state index contributed by atoms with van der Waals surface area (Å²) in [6, 6.07) is 32.6. The van der Waals surface area contributed by atoms with E-state index >= 15 is 4.79 Å². The van der Waals surface area contributed by atoms with Crippen molar-refractivity contribution in [3.05, 3.63) is 91.0 Å². The number of methoxy groups -OCH3 is 1. The molecule has 0 aromatic heterocycles. The summed E-state index contributed by atoms with van der Waals surface area (Å²) in [4.78, 5) is 33.5. The van der Waals surface area contributed by atoms with Gasteiger partial charge in [0.05, 0.1) is 59.8 Å². The lowest BCUT2D eigenvalue weighted by molar-refractivity contribution is -0.302. The van der Waals surface area contributed by atoms with Crippen molar-refractivity contribution in [2.45, 2.75) is 256 Å². The number of hydrogen-bond acceptors (Lipinski definition) is 12. The normalized spacial score (nSPS) is 36.3. The molecule has 470 valence electrons. The van der Waals surface area contributed by atoms with Gasteiger partial charge in [-0.25, -0.2) is 0 Å². The molecule has 13 nitrogen and oxygen atoms in total. The maximum absolute atomic E-state index is 15.0. The Morgan fingerprint density at radius 2 is 1.24 bits per heavy atom. The SMILES string of the molecule is CC[C@@]12C[C@@]1(C)[C@H](O)[C@@H](C)N(C(=O)CCCCCCCCCCCCC[P+](c1ccccc1)(c1ccccc1)c1ccccc1)C[C@H](C)C[C@@](C)(O)[C@H](O[C@@H]1O[C@H](C)C[C@H](N(C)C)[C@H]1O)[C@@H](C)[C@H](C1C[C@@](C)(OC)[C@@H](O)[C@H](C)O1)[C@@H](C)C(=O)O2. The summed E-state index contributed by atoms with van der Waals surface area (Å²) < 4.78 is 32.8. The van der Waals surface area contributed by atoms with Crippen molar-refractivity contribution in [3.63, 3.8) is 0 Å². The summed E-state index contributed by atoms with van der Waals surface area (Å²) in [5.74, 6) is -2.90. The third kappa shape index (κ3) is 15.4. The highest BCUT2D eigenvalue weighted by Crippen LogP contribution is 2.64. The number of aliphatic hydroxyl groups is 4. The third-order valence-electron chi connectivity index (χ3n) is 20.8. The van der Waals surface area contributed by atoms with Crippen molar-refractivity contribution in [2.75, 3.05) is 33.9 Å². The van der Waals surface area contributed by atoms with Crippen LogP contribution in [0.3, 0.4) is 0 Å². The molecule has 3 heterocycles. The predicted octanol–water partition coefficient (Wildman–Crippen LogP) is 10.8. The average molecular weight is 1190 g/mol. The van der Waals surface area contributed by atoms with Crippen LogP contribution in [0.4, 0.5) is 0 Å². The van der Waals surface area contributed by atoms with E-state index in [1.54, 1.807) is 21.0 Å². The van der Waals surface area contributed by atoms with Crippen LogP contribution in [0.25, 0.3) is 0 Å². The molecule has 0 radical (unpaired) electrons. The molecule has 84 heavy (non-hydrogen) atoms. The molecular formula is C70H110N2O11P+. The molecule has 3 aromatic rings. The minimum Gasteiger partial charge on any atom is -0.458 e. The van der Waals surface area contributed by atoms with Crippen LogP contribution in [0.15, 0.2) is 91.0 Å². The van der Waals surface area contributed by atoms with E-state index in [9.17, 15) is 25.2 Å². The number of amides is 1. The Labute approximate surface area is 506 Å². The average Bonchev–Trinajstić information content (AvgIpc) is 3.69. The Kier molecular flexibility index (Phi) is 24.2. The highest BCUT2D eigenvalue weighted by molar-refractivity contribution is 7.95. The molecule has 4 aliphatic rings. The third-order valence-corrected chi connectivity index (χ3v) is 25.3. The zero-order valence-corrected chi connectivity index (χ0v) is 54.6. The van der Waals surface area contributed by atoms with Crippen molar-refractivity contribution >= 4 is 35.1 Å². The summed E-state index contributed by atoms with van der Waals surface area (Å²) in [5, 5.41) is 53.3. The summed E-state index contributed by atoms with van der Waals surface area (Å²) in [6.07, 6.45) is 9.06. The second kappa shape index (κ2) is 29.8. The Hall–Kier alpha value is -3.33. The van der Waals surface area contributed by atoms with Gasteiger partial charge in [-0.3, -0.25) is 9.59 Å². The summed E-state index contributed by atoms with van der Waals surface area (Å²) in [5.41, 5.74) is -4.45. The minimum absolute atomic E-state index is 0.0411. The molecule has 1 saturated carbocycles. The molecule has 0 bridgehead atoms. The number of ether oxygens (including phenoxy) is 5. The van der Waals surface area contributed by atoms with Gasteiger partial charge in [0.2, 0.25) is 5.91 Å². The monoisotopic (exact) mass is 1190 g/mol. The van der Waals surface area contributed by atoms with Crippen LogP contribution < -0.4 is 15.9 Å². The lowest BCUT2D eigenvalue weighted by Gasteiger charge is -2.51. The van der Waals surface area contributed by atoms with E-state index in [4.69, 9.17) is 23.7 Å². The number of carbonyl (C=O) groups is 2. The molecule has 1 aliphatic carbocycles. The number of hydrogen-bond donors (Lipinski definition) is 4. The van der Waals surface area contributed by atoms with Crippen LogP contribution in [0.2, 0.25) is 0 Å². The smallest absolute Gasteiger partial charge is 0.309 e. The van der Waals surface area contributed by atoms with Crippen LogP contribution in [-0.2, 0) is 33.3 Å². The number of unbranched alkanes of at least 4 members (excludes halogenated alkanes) is 10. The zero-order chi connectivity index (χ0) is 61.2. The second-order valence-electron chi connectivity index (χ2n) is 27.3. The molecular weight excluding hydrogens is 1080 g/mol. The Morgan fingerprint density at radius 3 is 1.74 bits per heavy atom. The Morgan fingerprint density at radius 1 is 0.726 bits per heavy atom. The van der Waals surface area contributed by atoms with E-state index < -0.39 is 102 Å². The lowest BCUT2D eigenvalue weighted by atomic mass is 9.68. The fourth-order valence-corrected chi connectivity index (χ4v) is 20.0. The highest BCUT2D eigenvalue weighted by Gasteiger charge is 2.71. The largest absolute Gasteiger partial charge is 0.458 e. The van der Waals surface area contributed by atoms with Crippen molar-refractivity contribution < 1.29 is 53.7 Å². The van der Waals surface area contributed by atoms with E-state index in [1.807, 2.05) is 79.3 Å². The number of aliphatic hydroxyl groups excluding tert-OH is 3. The molecule has 3 aromatic carbocycles. The van der Waals surface area contributed by atoms with Crippen LogP contribution in [-0.4, -0.2) is 154 Å². The molecule has 1 unspecified atom stereocenters. The van der Waals surface area contributed by atoms with Gasteiger partial charge in [0, 0.05) is 43.9 Å². The summed E-state index contributed by atoms with van der Waals surface area (Å²) in [7, 11) is 3.60.